The average molecular weight is 568 g/mol. The minimum atomic E-state index is -0.922. The van der Waals surface area contributed by atoms with E-state index in [-0.39, 0.29) is 18.2 Å². The Morgan fingerprint density at radius 3 is 2.60 bits per heavy atom. The second kappa shape index (κ2) is 12.7. The lowest BCUT2D eigenvalue weighted by molar-refractivity contribution is -0.136. The third-order valence-electron chi connectivity index (χ3n) is 7.34. The zero-order valence-electron chi connectivity index (χ0n) is 22.1. The number of aromatic nitrogens is 2. The number of imide groups is 1. The van der Waals surface area contributed by atoms with Crippen molar-refractivity contribution in [3.63, 3.8) is 0 Å². The Morgan fingerprint density at radius 1 is 1.00 bits per heavy atom. The number of benzene rings is 2. The van der Waals surface area contributed by atoms with E-state index in [0.717, 1.165) is 66.9 Å². The summed E-state index contributed by atoms with van der Waals surface area (Å²) in [6.45, 7) is 1.09. The molecule has 5 rings (SSSR count). The molecule has 1 fully saturated rings. The van der Waals surface area contributed by atoms with Crippen LogP contribution in [0.5, 0.6) is 0 Å². The maximum atomic E-state index is 13.6. The van der Waals surface area contributed by atoms with Crippen molar-refractivity contribution < 1.29 is 23.2 Å². The van der Waals surface area contributed by atoms with Crippen LogP contribution in [0.4, 0.5) is 14.6 Å². The molecule has 3 amide bonds. The van der Waals surface area contributed by atoms with Gasteiger partial charge in [-0.1, -0.05) is 31.7 Å². The summed E-state index contributed by atoms with van der Waals surface area (Å²) in [6.07, 6.45) is 8.34. The van der Waals surface area contributed by atoms with Crippen molar-refractivity contribution in [1.29, 1.82) is 0 Å². The summed E-state index contributed by atoms with van der Waals surface area (Å²) in [4.78, 5) is 47.6. The number of thioether (sulfide) groups is 1. The van der Waals surface area contributed by atoms with Gasteiger partial charge in [0.15, 0.2) is 11.6 Å². The zero-order valence-corrected chi connectivity index (χ0v) is 22.9. The molecule has 11 heteroatoms. The van der Waals surface area contributed by atoms with E-state index in [2.05, 4.69) is 20.6 Å². The lowest BCUT2D eigenvalue weighted by Gasteiger charge is -2.29. The van der Waals surface area contributed by atoms with Gasteiger partial charge < -0.3 is 10.2 Å². The van der Waals surface area contributed by atoms with E-state index < -0.39 is 23.6 Å². The van der Waals surface area contributed by atoms with Crippen LogP contribution in [0, 0.1) is 11.6 Å². The fraction of sp³-hybridized carbons (Fsp3) is 0.414. The Morgan fingerprint density at radius 2 is 1.77 bits per heavy atom. The highest BCUT2D eigenvalue weighted by Gasteiger charge is 2.39. The molecule has 8 nitrogen and oxygen atoms in total. The normalized spacial score (nSPS) is 16.9. The molecule has 0 aliphatic carbocycles. The molecule has 2 N–H and O–H groups in total. The Bertz CT molecular complexity index is 1440. The van der Waals surface area contributed by atoms with Gasteiger partial charge >= 0.3 is 0 Å². The number of fused-ring (bicyclic) bond motifs is 2. The summed E-state index contributed by atoms with van der Waals surface area (Å²) in [5.41, 5.74) is 1.99. The molecule has 1 unspecified atom stereocenters. The number of piperidine rings is 1. The van der Waals surface area contributed by atoms with Gasteiger partial charge in [-0.25, -0.2) is 18.7 Å². The first-order valence-corrected chi connectivity index (χ1v) is 14.6. The van der Waals surface area contributed by atoms with E-state index >= 15 is 0 Å². The van der Waals surface area contributed by atoms with Crippen LogP contribution in [-0.2, 0) is 16.1 Å². The molecular formula is C29H31F2N5O3S. The SMILES string of the molecule is O=C1CCC(N2Cc3c(SCCCCCCCCNc4ncnc5cc(F)c(F)cc45)cccc3C2=O)C(=O)N1. The quantitative estimate of drug-likeness (QED) is 0.176. The molecule has 1 atom stereocenters. The predicted octanol–water partition coefficient (Wildman–Crippen LogP) is 5.21. The summed E-state index contributed by atoms with van der Waals surface area (Å²) in [7, 11) is 0. The molecule has 3 aromatic rings. The highest BCUT2D eigenvalue weighted by atomic mass is 32.2. The number of halogens is 2. The maximum Gasteiger partial charge on any atom is 0.255 e. The topological polar surface area (TPSA) is 104 Å². The van der Waals surface area contributed by atoms with Crippen LogP contribution in [0.1, 0.15) is 67.3 Å². The van der Waals surface area contributed by atoms with Gasteiger partial charge in [-0.3, -0.25) is 19.7 Å². The lowest BCUT2D eigenvalue weighted by Crippen LogP contribution is -2.52. The summed E-state index contributed by atoms with van der Waals surface area (Å²) in [6, 6.07) is 7.34. The third-order valence-corrected chi connectivity index (χ3v) is 8.52. The van der Waals surface area contributed by atoms with Gasteiger partial charge in [0.1, 0.15) is 18.2 Å². The summed E-state index contributed by atoms with van der Waals surface area (Å²) < 4.78 is 27.1. The molecule has 3 heterocycles. The molecule has 0 spiro atoms. The number of nitrogens with zero attached hydrogens (tertiary/aromatic N) is 3. The van der Waals surface area contributed by atoms with E-state index in [4.69, 9.17) is 0 Å². The van der Waals surface area contributed by atoms with Gasteiger partial charge in [-0.15, -0.1) is 11.8 Å². The lowest BCUT2D eigenvalue weighted by atomic mass is 10.0. The second-order valence-corrected chi connectivity index (χ2v) is 11.2. The van der Waals surface area contributed by atoms with Gasteiger partial charge in [0.2, 0.25) is 11.8 Å². The van der Waals surface area contributed by atoms with Crippen molar-refractivity contribution in [1.82, 2.24) is 20.2 Å². The van der Waals surface area contributed by atoms with Crippen molar-refractivity contribution in [2.75, 3.05) is 17.6 Å². The van der Waals surface area contributed by atoms with Crippen molar-refractivity contribution >= 4 is 46.2 Å². The Hall–Kier alpha value is -3.60. The zero-order chi connectivity index (χ0) is 28.1. The fourth-order valence-electron chi connectivity index (χ4n) is 5.21. The average Bonchev–Trinajstić information content (AvgIpc) is 3.27. The van der Waals surface area contributed by atoms with Crippen molar-refractivity contribution in [2.45, 2.75) is 68.8 Å². The van der Waals surface area contributed by atoms with Crippen LogP contribution < -0.4 is 10.6 Å². The molecule has 0 radical (unpaired) electrons. The Balaban J connectivity index is 0.996. The van der Waals surface area contributed by atoms with Crippen LogP contribution in [0.2, 0.25) is 0 Å². The van der Waals surface area contributed by atoms with Crippen molar-refractivity contribution in [3.05, 3.63) is 59.4 Å². The molecule has 210 valence electrons. The number of rotatable bonds is 12. The largest absolute Gasteiger partial charge is 0.369 e. The number of nitrogens with one attached hydrogen (secondary N) is 2. The molecule has 2 aliphatic heterocycles. The highest BCUT2D eigenvalue weighted by molar-refractivity contribution is 7.99. The van der Waals surface area contributed by atoms with E-state index in [1.165, 1.54) is 6.33 Å². The highest BCUT2D eigenvalue weighted by Crippen LogP contribution is 2.34. The maximum absolute atomic E-state index is 13.6. The number of hydrogen-bond donors (Lipinski definition) is 2. The third kappa shape index (κ3) is 6.24. The first kappa shape index (κ1) is 27.9. The van der Waals surface area contributed by atoms with E-state index in [0.29, 0.717) is 41.8 Å². The van der Waals surface area contributed by atoms with Crippen molar-refractivity contribution in [3.8, 4) is 0 Å². The minimum absolute atomic E-state index is 0.143. The molecule has 0 bridgehead atoms. The van der Waals surface area contributed by atoms with Crippen LogP contribution in [0.25, 0.3) is 10.9 Å². The molecule has 1 saturated heterocycles. The second-order valence-electron chi connectivity index (χ2n) is 10.1. The first-order valence-electron chi connectivity index (χ1n) is 13.7. The van der Waals surface area contributed by atoms with Gasteiger partial charge in [-0.05, 0) is 48.8 Å². The van der Waals surface area contributed by atoms with Gasteiger partial charge in [0.25, 0.3) is 5.91 Å². The number of hydrogen-bond acceptors (Lipinski definition) is 7. The smallest absolute Gasteiger partial charge is 0.255 e. The van der Waals surface area contributed by atoms with Gasteiger partial charge in [0, 0.05) is 41.4 Å². The van der Waals surface area contributed by atoms with Crippen LogP contribution >= 0.6 is 11.8 Å². The summed E-state index contributed by atoms with van der Waals surface area (Å²) in [5.74, 6) is -1.20. The number of carbonyl (C=O) groups is 3. The Kier molecular flexibility index (Phi) is 8.88. The molecular weight excluding hydrogens is 536 g/mol. The van der Waals surface area contributed by atoms with Gasteiger partial charge in [0.05, 0.1) is 5.52 Å². The molecule has 0 saturated carbocycles. The molecule has 40 heavy (non-hydrogen) atoms. The van der Waals surface area contributed by atoms with E-state index in [9.17, 15) is 23.2 Å². The minimum Gasteiger partial charge on any atom is -0.369 e. The van der Waals surface area contributed by atoms with Crippen LogP contribution in [-0.4, -0.2) is 50.9 Å². The first-order chi connectivity index (χ1) is 19.4. The van der Waals surface area contributed by atoms with E-state index in [1.807, 2.05) is 18.2 Å². The molecule has 2 aliphatic rings. The standard InChI is InChI=1S/C29H31F2N5O3S/c30-21-14-19-23(15-22(21)31)33-17-34-27(19)32-12-5-3-1-2-4-6-13-40-25-9-7-8-18-20(25)16-36(29(18)39)24-10-11-26(37)35-28(24)38/h7-9,14-15,17,24H,1-6,10-13,16H2,(H,32,33,34)(H,35,37,38). The number of amides is 3. The van der Waals surface area contributed by atoms with Crippen LogP contribution in [0.3, 0.4) is 0 Å². The van der Waals surface area contributed by atoms with Crippen molar-refractivity contribution in [2.24, 2.45) is 0 Å². The molecule has 1 aromatic heterocycles. The number of anilines is 1. The monoisotopic (exact) mass is 567 g/mol. The molecule has 2 aromatic carbocycles. The Labute approximate surface area is 235 Å². The van der Waals surface area contributed by atoms with Gasteiger partial charge in [-0.2, -0.15) is 0 Å². The number of carbonyl (C=O) groups excluding carboxylic acids is 3. The van der Waals surface area contributed by atoms with E-state index in [1.54, 1.807) is 16.7 Å². The number of unbranched alkanes of at least 4 members (excludes halogenated alkanes) is 5. The fourth-order valence-corrected chi connectivity index (χ4v) is 6.30. The summed E-state index contributed by atoms with van der Waals surface area (Å²) >= 11 is 1.74. The summed E-state index contributed by atoms with van der Waals surface area (Å²) in [5, 5.41) is 6.02. The predicted molar refractivity (Wildman–Crippen MR) is 149 cm³/mol. The van der Waals surface area contributed by atoms with Crippen LogP contribution in [0.15, 0.2) is 41.6 Å².